The van der Waals surface area contributed by atoms with Gasteiger partial charge < -0.3 is 4.74 Å². The van der Waals surface area contributed by atoms with Crippen LogP contribution < -0.4 is 4.74 Å². The molecule has 1 aliphatic rings. The maximum absolute atomic E-state index is 5.57. The first-order valence-corrected chi connectivity index (χ1v) is 7.04. The summed E-state index contributed by atoms with van der Waals surface area (Å²) in [6.45, 7) is 11.3. The molecular weight excluding hydrogens is 228 g/mol. The van der Waals surface area contributed by atoms with Crippen LogP contribution in [0.25, 0.3) is 0 Å². The van der Waals surface area contributed by atoms with E-state index in [-0.39, 0.29) is 0 Å². The Kier molecular flexibility index (Phi) is 3.19. The molecule has 0 spiro atoms. The van der Waals surface area contributed by atoms with Crippen molar-refractivity contribution in [2.24, 2.45) is 0 Å². The Morgan fingerprint density at radius 2 is 1.71 bits per heavy atom. The molecular formula is C15H22OS. The Morgan fingerprint density at radius 3 is 2.29 bits per heavy atom. The summed E-state index contributed by atoms with van der Waals surface area (Å²) in [4.78, 5) is 1.50. The molecule has 94 valence electrons. The maximum atomic E-state index is 5.57. The largest absolute Gasteiger partial charge is 0.496 e. The number of ether oxygens (including phenoxy) is 1. The number of hydrogen-bond donors (Lipinski definition) is 0. The number of hydrogen-bond acceptors (Lipinski definition) is 2. The van der Waals surface area contributed by atoms with Crippen LogP contribution in [0.3, 0.4) is 0 Å². The first kappa shape index (κ1) is 12.8. The van der Waals surface area contributed by atoms with Gasteiger partial charge in [-0.25, -0.2) is 0 Å². The Balaban J connectivity index is 2.64. The molecule has 1 nitrogen and oxygen atoms in total. The molecule has 0 saturated heterocycles. The van der Waals surface area contributed by atoms with Gasteiger partial charge >= 0.3 is 0 Å². The highest BCUT2D eigenvalue weighted by Gasteiger charge is 2.30. The molecule has 1 aromatic rings. The van der Waals surface area contributed by atoms with Crippen LogP contribution in [0.1, 0.15) is 42.5 Å². The summed E-state index contributed by atoms with van der Waals surface area (Å²) in [6, 6.07) is 0. The Bertz CT molecular complexity index is 461. The van der Waals surface area contributed by atoms with Crippen molar-refractivity contribution in [1.82, 2.24) is 0 Å². The summed E-state index contributed by atoms with van der Waals surface area (Å²) in [7, 11) is 1.78. The molecule has 1 aliphatic heterocycles. The fourth-order valence-electron chi connectivity index (χ4n) is 2.65. The van der Waals surface area contributed by atoms with Gasteiger partial charge in [0.15, 0.2) is 0 Å². The van der Waals surface area contributed by atoms with E-state index >= 15 is 0 Å². The average molecular weight is 250 g/mol. The van der Waals surface area contributed by atoms with E-state index in [4.69, 9.17) is 4.74 Å². The fraction of sp³-hybridized carbons (Fsp3) is 0.600. The van der Waals surface area contributed by atoms with Crippen molar-refractivity contribution < 1.29 is 4.74 Å². The predicted octanol–water partition coefficient (Wildman–Crippen LogP) is 4.44. The minimum absolute atomic E-state index is 0.366. The summed E-state index contributed by atoms with van der Waals surface area (Å²) in [5, 5.41) is 0. The molecule has 0 fully saturated rings. The maximum Gasteiger partial charge on any atom is 0.125 e. The van der Waals surface area contributed by atoms with Crippen LogP contribution in [0.4, 0.5) is 0 Å². The van der Waals surface area contributed by atoms with E-state index in [1.165, 1.54) is 40.0 Å². The van der Waals surface area contributed by atoms with Gasteiger partial charge in [-0.2, -0.15) is 0 Å². The first-order chi connectivity index (χ1) is 7.87. The van der Waals surface area contributed by atoms with Gasteiger partial charge in [-0.1, -0.05) is 13.8 Å². The molecule has 0 saturated carbocycles. The van der Waals surface area contributed by atoms with E-state index in [2.05, 4.69) is 34.6 Å². The van der Waals surface area contributed by atoms with Gasteiger partial charge in [-0.3, -0.25) is 0 Å². The van der Waals surface area contributed by atoms with Crippen molar-refractivity contribution in [1.29, 1.82) is 0 Å². The number of thioether (sulfide) groups is 1. The molecule has 1 aromatic carbocycles. The van der Waals surface area contributed by atoms with Gasteiger partial charge in [0.25, 0.3) is 0 Å². The number of benzene rings is 1. The molecule has 1 heterocycles. The second-order valence-electron chi connectivity index (χ2n) is 5.58. The van der Waals surface area contributed by atoms with Crippen molar-refractivity contribution in [2.75, 3.05) is 7.11 Å². The van der Waals surface area contributed by atoms with Crippen LogP contribution >= 0.6 is 11.8 Å². The van der Waals surface area contributed by atoms with Crippen LogP contribution in [0.2, 0.25) is 0 Å². The van der Waals surface area contributed by atoms with Crippen molar-refractivity contribution >= 4 is 11.8 Å². The smallest absolute Gasteiger partial charge is 0.125 e. The topological polar surface area (TPSA) is 9.23 Å². The molecule has 0 radical (unpaired) electrons. The Hall–Kier alpha value is -0.630. The van der Waals surface area contributed by atoms with Gasteiger partial charge in [0.1, 0.15) is 5.75 Å². The normalized spacial score (nSPS) is 17.8. The van der Waals surface area contributed by atoms with E-state index in [0.29, 0.717) is 4.75 Å². The minimum Gasteiger partial charge on any atom is -0.496 e. The van der Waals surface area contributed by atoms with E-state index in [9.17, 15) is 0 Å². The molecule has 0 N–H and O–H groups in total. The predicted molar refractivity (Wildman–Crippen MR) is 75.5 cm³/mol. The lowest BCUT2D eigenvalue weighted by atomic mass is 9.92. The molecule has 0 bridgehead atoms. The highest BCUT2D eigenvalue weighted by atomic mass is 32.2. The van der Waals surface area contributed by atoms with Crippen molar-refractivity contribution in [2.45, 2.75) is 57.1 Å². The van der Waals surface area contributed by atoms with E-state index < -0.39 is 0 Å². The van der Waals surface area contributed by atoms with Crippen LogP contribution in [0.15, 0.2) is 4.90 Å². The van der Waals surface area contributed by atoms with E-state index in [1.807, 2.05) is 11.8 Å². The standard InChI is InChI=1S/C15H22OS/c1-9-10(2)14-12(11(3)13(9)16-6)7-8-15(4,5)17-14/h7-8H2,1-6H3. The van der Waals surface area contributed by atoms with Crippen LogP contribution in [0.5, 0.6) is 5.75 Å². The van der Waals surface area contributed by atoms with Gasteiger partial charge in [-0.05, 0) is 55.9 Å². The minimum atomic E-state index is 0.366. The third kappa shape index (κ3) is 2.08. The quantitative estimate of drug-likeness (QED) is 0.729. The Labute approximate surface area is 109 Å². The molecule has 0 aromatic heterocycles. The van der Waals surface area contributed by atoms with E-state index in [1.54, 1.807) is 7.11 Å². The first-order valence-electron chi connectivity index (χ1n) is 6.23. The lowest BCUT2D eigenvalue weighted by Crippen LogP contribution is -2.22. The number of methoxy groups -OCH3 is 1. The second-order valence-corrected chi connectivity index (χ2v) is 7.30. The van der Waals surface area contributed by atoms with Crippen LogP contribution in [-0.2, 0) is 6.42 Å². The van der Waals surface area contributed by atoms with Gasteiger partial charge in [0.2, 0.25) is 0 Å². The highest BCUT2D eigenvalue weighted by molar-refractivity contribution is 8.00. The zero-order chi connectivity index (χ0) is 12.8. The zero-order valence-electron chi connectivity index (χ0n) is 11.7. The number of rotatable bonds is 1. The molecule has 17 heavy (non-hydrogen) atoms. The monoisotopic (exact) mass is 250 g/mol. The lowest BCUT2D eigenvalue weighted by Gasteiger charge is -2.34. The van der Waals surface area contributed by atoms with Crippen LogP contribution in [0, 0.1) is 20.8 Å². The summed E-state index contributed by atoms with van der Waals surface area (Å²) in [5.41, 5.74) is 5.55. The fourth-order valence-corrected chi connectivity index (χ4v) is 4.10. The number of fused-ring (bicyclic) bond motifs is 1. The van der Waals surface area contributed by atoms with Crippen molar-refractivity contribution in [3.8, 4) is 5.75 Å². The molecule has 2 rings (SSSR count). The zero-order valence-corrected chi connectivity index (χ0v) is 12.5. The summed E-state index contributed by atoms with van der Waals surface area (Å²) in [6.07, 6.45) is 2.43. The third-order valence-electron chi connectivity index (χ3n) is 3.87. The summed E-state index contributed by atoms with van der Waals surface area (Å²) >= 11 is 2.03. The van der Waals surface area contributed by atoms with Crippen molar-refractivity contribution in [3.63, 3.8) is 0 Å². The average Bonchev–Trinajstić information content (AvgIpc) is 2.26. The highest BCUT2D eigenvalue weighted by Crippen LogP contribution is 2.48. The molecule has 0 aliphatic carbocycles. The Morgan fingerprint density at radius 1 is 1.06 bits per heavy atom. The van der Waals surface area contributed by atoms with Crippen LogP contribution in [-0.4, -0.2) is 11.9 Å². The van der Waals surface area contributed by atoms with Gasteiger partial charge in [0.05, 0.1) is 7.11 Å². The van der Waals surface area contributed by atoms with Gasteiger partial charge in [0, 0.05) is 9.64 Å². The molecule has 2 heteroatoms. The van der Waals surface area contributed by atoms with Gasteiger partial charge in [-0.15, -0.1) is 11.8 Å². The SMILES string of the molecule is COc1c(C)c(C)c2c(c1C)CCC(C)(C)S2. The molecule has 0 atom stereocenters. The third-order valence-corrected chi connectivity index (χ3v) is 5.38. The van der Waals surface area contributed by atoms with Crippen molar-refractivity contribution in [3.05, 3.63) is 22.3 Å². The lowest BCUT2D eigenvalue weighted by molar-refractivity contribution is 0.406. The van der Waals surface area contributed by atoms with E-state index in [0.717, 1.165) is 5.75 Å². The second kappa shape index (κ2) is 4.24. The molecule has 0 unspecified atom stereocenters. The summed E-state index contributed by atoms with van der Waals surface area (Å²) < 4.78 is 5.93. The summed E-state index contributed by atoms with van der Waals surface area (Å²) in [5.74, 6) is 1.08. The molecule has 0 amide bonds.